The van der Waals surface area contributed by atoms with Gasteiger partial charge in [-0.3, -0.25) is 9.59 Å². The molecule has 1 aliphatic rings. The summed E-state index contributed by atoms with van der Waals surface area (Å²) in [6, 6.07) is 12.0. The minimum atomic E-state index is -0.615. The van der Waals surface area contributed by atoms with Gasteiger partial charge in [0.25, 0.3) is 5.91 Å². The maximum atomic E-state index is 14.5. The number of rotatable bonds is 6. The third-order valence-corrected chi connectivity index (χ3v) is 6.39. The molecule has 0 atom stereocenters. The van der Waals surface area contributed by atoms with Gasteiger partial charge in [-0.25, -0.2) is 13.6 Å². The third kappa shape index (κ3) is 5.15. The van der Waals surface area contributed by atoms with Gasteiger partial charge in [0.15, 0.2) is 12.4 Å². The van der Waals surface area contributed by atoms with E-state index in [1.807, 2.05) is 16.4 Å². The number of aromatic nitrogens is 1. The van der Waals surface area contributed by atoms with Gasteiger partial charge in [-0.15, -0.1) is 0 Å². The number of hydrogen-bond acceptors (Lipinski definition) is 5. The summed E-state index contributed by atoms with van der Waals surface area (Å²) in [5.74, 6) is -1.98. The zero-order chi connectivity index (χ0) is 26.0. The van der Waals surface area contributed by atoms with Crippen LogP contribution in [-0.4, -0.2) is 59.9 Å². The van der Waals surface area contributed by atoms with E-state index in [1.54, 1.807) is 42.2 Å². The van der Waals surface area contributed by atoms with Gasteiger partial charge >= 0.3 is 5.97 Å². The van der Waals surface area contributed by atoms with Crippen LogP contribution in [0.1, 0.15) is 39.0 Å². The van der Waals surface area contributed by atoms with Crippen molar-refractivity contribution in [2.75, 3.05) is 37.7 Å². The molecule has 0 N–H and O–H groups in total. The molecule has 3 aromatic rings. The standard InChI is InChI=1S/C27H27F2N3O4/c1-17-14-23(18(2)32(17)22-7-5-21(28)6-8-22)27(35)36-16-26(34)31-12-10-30(11-13-31)25-9-4-20(19(3)33)15-24(25)29/h4-9,14-15H,10-13,16H2,1-3H3. The van der Waals surface area contributed by atoms with Crippen LogP contribution in [-0.2, 0) is 9.53 Å². The first-order chi connectivity index (χ1) is 17.2. The molecule has 1 fully saturated rings. The van der Waals surface area contributed by atoms with Gasteiger partial charge in [-0.1, -0.05) is 0 Å². The van der Waals surface area contributed by atoms with Gasteiger partial charge in [-0.2, -0.15) is 0 Å². The fourth-order valence-corrected chi connectivity index (χ4v) is 4.43. The van der Waals surface area contributed by atoms with E-state index in [2.05, 4.69) is 0 Å². The van der Waals surface area contributed by atoms with Gasteiger partial charge in [0.05, 0.1) is 11.3 Å². The van der Waals surface area contributed by atoms with Crippen LogP contribution in [0.3, 0.4) is 0 Å². The smallest absolute Gasteiger partial charge is 0.340 e. The second kappa shape index (κ2) is 10.3. The van der Waals surface area contributed by atoms with Gasteiger partial charge in [-0.05, 0) is 69.3 Å². The van der Waals surface area contributed by atoms with Gasteiger partial charge in [0, 0.05) is 48.8 Å². The van der Waals surface area contributed by atoms with Crippen LogP contribution in [0, 0.1) is 25.5 Å². The van der Waals surface area contributed by atoms with Crippen molar-refractivity contribution in [2.45, 2.75) is 20.8 Å². The molecule has 0 unspecified atom stereocenters. The van der Waals surface area contributed by atoms with Crippen molar-refractivity contribution in [3.8, 4) is 5.69 Å². The number of Topliss-reactive ketones (excluding diaryl/α,β-unsaturated/α-hetero) is 1. The molecule has 1 aromatic heterocycles. The van der Waals surface area contributed by atoms with E-state index < -0.39 is 18.4 Å². The summed E-state index contributed by atoms with van der Waals surface area (Å²) in [6.45, 7) is 6.09. The van der Waals surface area contributed by atoms with E-state index in [-0.39, 0.29) is 17.5 Å². The van der Waals surface area contributed by atoms with Crippen LogP contribution in [0.2, 0.25) is 0 Å². The number of piperazine rings is 1. The average molecular weight is 496 g/mol. The van der Waals surface area contributed by atoms with Crippen LogP contribution in [0.25, 0.3) is 5.69 Å². The molecule has 7 nitrogen and oxygen atoms in total. The number of aryl methyl sites for hydroxylation is 1. The highest BCUT2D eigenvalue weighted by molar-refractivity contribution is 5.94. The van der Waals surface area contributed by atoms with E-state index in [0.29, 0.717) is 54.4 Å². The van der Waals surface area contributed by atoms with Crippen LogP contribution < -0.4 is 4.90 Å². The summed E-state index contributed by atoms with van der Waals surface area (Å²) >= 11 is 0. The lowest BCUT2D eigenvalue weighted by Gasteiger charge is -2.36. The van der Waals surface area contributed by atoms with E-state index >= 15 is 0 Å². The zero-order valence-electron chi connectivity index (χ0n) is 20.4. The Balaban J connectivity index is 1.34. The predicted molar refractivity (Wildman–Crippen MR) is 131 cm³/mol. The number of ketones is 1. The zero-order valence-corrected chi connectivity index (χ0v) is 20.4. The molecule has 2 aromatic carbocycles. The first-order valence-corrected chi connectivity index (χ1v) is 11.6. The van der Waals surface area contributed by atoms with Crippen molar-refractivity contribution < 1.29 is 27.9 Å². The summed E-state index contributed by atoms with van der Waals surface area (Å²) in [7, 11) is 0. The van der Waals surface area contributed by atoms with Crippen molar-refractivity contribution in [3.05, 3.63) is 82.7 Å². The maximum Gasteiger partial charge on any atom is 0.340 e. The third-order valence-electron chi connectivity index (χ3n) is 6.39. The number of carbonyl (C=O) groups excluding carboxylic acids is 3. The van der Waals surface area contributed by atoms with Crippen LogP contribution in [0.5, 0.6) is 0 Å². The summed E-state index contributed by atoms with van der Waals surface area (Å²) < 4.78 is 34.9. The monoisotopic (exact) mass is 495 g/mol. The topological polar surface area (TPSA) is 71.9 Å². The lowest BCUT2D eigenvalue weighted by Crippen LogP contribution is -2.50. The van der Waals surface area contributed by atoms with E-state index in [1.165, 1.54) is 25.1 Å². The molecule has 4 rings (SSSR count). The lowest BCUT2D eigenvalue weighted by atomic mass is 10.1. The minimum Gasteiger partial charge on any atom is -0.452 e. The Labute approximate surface area is 207 Å². The molecule has 0 bridgehead atoms. The van der Waals surface area contributed by atoms with Crippen molar-refractivity contribution in [1.82, 2.24) is 9.47 Å². The molecule has 1 aliphatic heterocycles. The molecule has 36 heavy (non-hydrogen) atoms. The van der Waals surface area contributed by atoms with Crippen LogP contribution in [0.15, 0.2) is 48.5 Å². The van der Waals surface area contributed by atoms with Crippen LogP contribution >= 0.6 is 0 Å². The number of benzene rings is 2. The molecule has 0 saturated carbocycles. The Morgan fingerprint density at radius 3 is 2.19 bits per heavy atom. The van der Waals surface area contributed by atoms with Gasteiger partial charge in [0.2, 0.25) is 0 Å². The second-order valence-electron chi connectivity index (χ2n) is 8.76. The fourth-order valence-electron chi connectivity index (χ4n) is 4.43. The predicted octanol–water partition coefficient (Wildman–Crippen LogP) is 4.08. The van der Waals surface area contributed by atoms with Crippen molar-refractivity contribution in [1.29, 1.82) is 0 Å². The molecular weight excluding hydrogens is 468 g/mol. The average Bonchev–Trinajstić information content (AvgIpc) is 3.16. The molecule has 1 saturated heterocycles. The molecule has 2 heterocycles. The van der Waals surface area contributed by atoms with E-state index in [4.69, 9.17) is 4.74 Å². The highest BCUT2D eigenvalue weighted by Gasteiger charge is 2.25. The molecule has 0 aliphatic carbocycles. The van der Waals surface area contributed by atoms with E-state index in [0.717, 1.165) is 5.69 Å². The van der Waals surface area contributed by atoms with E-state index in [9.17, 15) is 23.2 Å². The Bertz CT molecular complexity index is 1310. The quantitative estimate of drug-likeness (QED) is 0.381. The number of hydrogen-bond donors (Lipinski definition) is 0. The van der Waals surface area contributed by atoms with Gasteiger partial charge < -0.3 is 19.1 Å². The van der Waals surface area contributed by atoms with Gasteiger partial charge in [0.1, 0.15) is 11.6 Å². The Kier molecular flexibility index (Phi) is 7.19. The normalized spacial score (nSPS) is 13.6. The first-order valence-electron chi connectivity index (χ1n) is 11.6. The first kappa shape index (κ1) is 25.1. The number of nitrogens with zero attached hydrogens (tertiary/aromatic N) is 3. The number of esters is 1. The molecule has 0 spiro atoms. The number of amides is 1. The largest absolute Gasteiger partial charge is 0.452 e. The number of anilines is 1. The molecular formula is C27H27F2N3O4. The van der Waals surface area contributed by atoms with Crippen molar-refractivity contribution >= 4 is 23.3 Å². The van der Waals surface area contributed by atoms with Crippen molar-refractivity contribution in [2.24, 2.45) is 0 Å². The Hall–Kier alpha value is -4.01. The Morgan fingerprint density at radius 2 is 1.58 bits per heavy atom. The number of ether oxygens (including phenoxy) is 1. The SMILES string of the molecule is CC(=O)c1ccc(N2CCN(C(=O)COC(=O)c3cc(C)n(-c4ccc(F)cc4)c3C)CC2)c(F)c1. The number of halogens is 2. The van der Waals surface area contributed by atoms with Crippen molar-refractivity contribution in [3.63, 3.8) is 0 Å². The highest BCUT2D eigenvalue weighted by atomic mass is 19.1. The molecule has 188 valence electrons. The summed E-state index contributed by atoms with van der Waals surface area (Å²) in [4.78, 5) is 40.2. The molecule has 1 amide bonds. The fraction of sp³-hybridized carbons (Fsp3) is 0.296. The minimum absolute atomic E-state index is 0.206. The number of carbonyl (C=O) groups is 3. The van der Waals surface area contributed by atoms with Crippen LogP contribution in [0.4, 0.5) is 14.5 Å². The molecule has 0 radical (unpaired) electrons. The molecule has 9 heteroatoms. The Morgan fingerprint density at radius 1 is 0.917 bits per heavy atom. The summed E-state index contributed by atoms with van der Waals surface area (Å²) in [6.07, 6.45) is 0. The highest BCUT2D eigenvalue weighted by Crippen LogP contribution is 2.23. The summed E-state index contributed by atoms with van der Waals surface area (Å²) in [5, 5.41) is 0. The maximum absolute atomic E-state index is 14.5. The summed E-state index contributed by atoms with van der Waals surface area (Å²) in [5.41, 5.74) is 3.14. The lowest BCUT2D eigenvalue weighted by molar-refractivity contribution is -0.134. The second-order valence-corrected chi connectivity index (χ2v) is 8.76.